The zero-order chi connectivity index (χ0) is 18.2. The largest absolute Gasteiger partial charge is 0.303 e. The average Bonchev–Trinajstić information content (AvgIpc) is 3.66. The molecule has 4 nitrogen and oxygen atoms in total. The van der Waals surface area contributed by atoms with Crippen LogP contribution in [-0.4, -0.2) is 20.5 Å². The molecule has 2 aromatic carbocycles. The Morgan fingerprint density at radius 1 is 0.926 bits per heavy atom. The van der Waals surface area contributed by atoms with Crippen molar-refractivity contribution in [3.05, 3.63) is 77.6 Å². The van der Waals surface area contributed by atoms with Crippen molar-refractivity contribution in [2.24, 2.45) is 0 Å². The highest BCUT2D eigenvalue weighted by atomic mass is 32.2. The van der Waals surface area contributed by atoms with Crippen molar-refractivity contribution in [3.8, 4) is 0 Å². The van der Waals surface area contributed by atoms with Crippen LogP contribution in [0.15, 0.2) is 65.8 Å². The molecule has 2 aliphatic carbocycles. The third-order valence-corrected chi connectivity index (χ3v) is 6.38. The first-order valence-electron chi connectivity index (χ1n) is 9.57. The second kappa shape index (κ2) is 6.97. The van der Waals surface area contributed by atoms with Gasteiger partial charge in [-0.15, -0.1) is 10.2 Å². The minimum atomic E-state index is -0.317. The van der Waals surface area contributed by atoms with Crippen LogP contribution in [-0.2, 0) is 0 Å². The minimum Gasteiger partial charge on any atom is -0.303 e. The van der Waals surface area contributed by atoms with Gasteiger partial charge in [0, 0.05) is 17.5 Å². The fraction of sp³-hybridized carbons (Fsp3) is 0.318. The number of hydrogen-bond donors (Lipinski definition) is 0. The van der Waals surface area contributed by atoms with Gasteiger partial charge in [-0.3, -0.25) is 4.79 Å². The van der Waals surface area contributed by atoms with E-state index in [2.05, 4.69) is 14.8 Å². The summed E-state index contributed by atoms with van der Waals surface area (Å²) in [5.41, 5.74) is 1.74. The zero-order valence-electron chi connectivity index (χ0n) is 15.0. The number of aromatic nitrogens is 3. The third kappa shape index (κ3) is 3.44. The summed E-state index contributed by atoms with van der Waals surface area (Å²) in [4.78, 5) is 13.3. The van der Waals surface area contributed by atoms with Gasteiger partial charge < -0.3 is 4.57 Å². The van der Waals surface area contributed by atoms with Crippen LogP contribution < -0.4 is 0 Å². The SMILES string of the molecule is O=C(c1ccccc1)[C@H](Sc1nnc(C2CC2)n1C1CC1)c1ccccc1. The smallest absolute Gasteiger partial charge is 0.192 e. The second-order valence-electron chi connectivity index (χ2n) is 7.36. The van der Waals surface area contributed by atoms with Crippen LogP contribution in [0.1, 0.15) is 64.6 Å². The van der Waals surface area contributed by atoms with Gasteiger partial charge in [-0.2, -0.15) is 0 Å². The molecule has 2 aliphatic rings. The molecule has 0 aliphatic heterocycles. The summed E-state index contributed by atoms with van der Waals surface area (Å²) in [6.45, 7) is 0. The summed E-state index contributed by atoms with van der Waals surface area (Å²) >= 11 is 1.55. The minimum absolute atomic E-state index is 0.116. The molecular weight excluding hydrogens is 354 g/mol. The molecule has 0 saturated heterocycles. The van der Waals surface area contributed by atoms with E-state index >= 15 is 0 Å². The van der Waals surface area contributed by atoms with Crippen molar-refractivity contribution in [1.29, 1.82) is 0 Å². The van der Waals surface area contributed by atoms with Gasteiger partial charge in [0.15, 0.2) is 10.9 Å². The number of rotatable bonds is 7. The van der Waals surface area contributed by atoms with E-state index in [1.807, 2.05) is 60.7 Å². The molecule has 0 N–H and O–H groups in total. The Balaban J connectivity index is 1.51. The first-order chi connectivity index (χ1) is 13.3. The molecular formula is C22H21N3OS. The Morgan fingerprint density at radius 3 is 2.22 bits per heavy atom. The summed E-state index contributed by atoms with van der Waals surface area (Å²) in [6, 6.07) is 20.1. The monoisotopic (exact) mass is 375 g/mol. The molecule has 1 atom stereocenters. The van der Waals surface area contributed by atoms with E-state index in [1.54, 1.807) is 11.8 Å². The van der Waals surface area contributed by atoms with Gasteiger partial charge in [-0.1, -0.05) is 72.4 Å². The maximum absolute atomic E-state index is 13.3. The first-order valence-corrected chi connectivity index (χ1v) is 10.4. The van der Waals surface area contributed by atoms with E-state index < -0.39 is 0 Å². The maximum atomic E-state index is 13.3. The summed E-state index contributed by atoms with van der Waals surface area (Å²) in [5, 5.41) is 9.57. The molecule has 0 spiro atoms. The zero-order valence-corrected chi connectivity index (χ0v) is 15.8. The van der Waals surface area contributed by atoms with Gasteiger partial charge in [0.2, 0.25) is 0 Å². The van der Waals surface area contributed by atoms with E-state index in [0.29, 0.717) is 12.0 Å². The van der Waals surface area contributed by atoms with Crippen molar-refractivity contribution in [2.75, 3.05) is 0 Å². The Morgan fingerprint density at radius 2 is 1.59 bits per heavy atom. The van der Waals surface area contributed by atoms with E-state index in [4.69, 9.17) is 0 Å². The number of nitrogens with zero attached hydrogens (tertiary/aromatic N) is 3. The predicted octanol–water partition coefficient (Wildman–Crippen LogP) is 5.21. The van der Waals surface area contributed by atoms with Crippen LogP contribution in [0.5, 0.6) is 0 Å². The average molecular weight is 375 g/mol. The summed E-state index contributed by atoms with van der Waals surface area (Å²) < 4.78 is 2.32. The second-order valence-corrected chi connectivity index (χ2v) is 8.43. The molecule has 5 heteroatoms. The van der Waals surface area contributed by atoms with Gasteiger partial charge >= 0.3 is 0 Å². The van der Waals surface area contributed by atoms with Gasteiger partial charge in [-0.05, 0) is 31.2 Å². The van der Waals surface area contributed by atoms with E-state index in [1.165, 1.54) is 25.7 Å². The Labute approximate surface area is 163 Å². The van der Waals surface area contributed by atoms with Crippen LogP contribution in [0.3, 0.4) is 0 Å². The topological polar surface area (TPSA) is 47.8 Å². The summed E-state index contributed by atoms with van der Waals surface area (Å²) in [5.74, 6) is 1.80. The van der Waals surface area contributed by atoms with Crippen LogP contribution in [0.2, 0.25) is 0 Å². The summed E-state index contributed by atoms with van der Waals surface area (Å²) in [6.07, 6.45) is 4.79. The van der Waals surface area contributed by atoms with Crippen molar-refractivity contribution < 1.29 is 4.79 Å². The van der Waals surface area contributed by atoms with Crippen LogP contribution in [0, 0.1) is 0 Å². The molecule has 136 valence electrons. The molecule has 0 radical (unpaired) electrons. The molecule has 5 rings (SSSR count). The van der Waals surface area contributed by atoms with Gasteiger partial charge in [0.1, 0.15) is 11.1 Å². The van der Waals surface area contributed by atoms with Crippen LogP contribution in [0.4, 0.5) is 0 Å². The van der Waals surface area contributed by atoms with Crippen molar-refractivity contribution in [3.63, 3.8) is 0 Å². The number of Topliss-reactive ketones (excluding diaryl/α,β-unsaturated/α-hetero) is 1. The standard InChI is InChI=1S/C22H21N3OS/c26-19(15-7-3-1-4-8-15)20(16-9-5-2-6-10-16)27-22-24-23-21(17-11-12-17)25(22)18-13-14-18/h1-10,17-18,20H,11-14H2/t20-/m1/s1. The Hall–Kier alpha value is -2.40. The number of carbonyl (C=O) groups excluding carboxylic acids is 1. The lowest BCUT2D eigenvalue weighted by Crippen LogP contribution is -2.11. The highest BCUT2D eigenvalue weighted by molar-refractivity contribution is 8.00. The molecule has 0 bridgehead atoms. The van der Waals surface area contributed by atoms with Crippen molar-refractivity contribution >= 4 is 17.5 Å². The highest BCUT2D eigenvalue weighted by Gasteiger charge is 2.37. The number of carbonyl (C=O) groups is 1. The number of hydrogen-bond acceptors (Lipinski definition) is 4. The fourth-order valence-corrected chi connectivity index (χ4v) is 4.62. The van der Waals surface area contributed by atoms with Crippen LogP contribution >= 0.6 is 11.8 Å². The molecule has 3 aromatic rings. The number of thioether (sulfide) groups is 1. The van der Waals surface area contributed by atoms with E-state index in [-0.39, 0.29) is 11.0 Å². The third-order valence-electron chi connectivity index (χ3n) is 5.17. The number of ketones is 1. The maximum Gasteiger partial charge on any atom is 0.192 e. The molecule has 1 heterocycles. The molecule has 2 fully saturated rings. The Bertz CT molecular complexity index is 946. The molecule has 1 aromatic heterocycles. The molecule has 2 saturated carbocycles. The quantitative estimate of drug-likeness (QED) is 0.420. The fourth-order valence-electron chi connectivity index (χ4n) is 3.42. The molecule has 0 amide bonds. The number of benzene rings is 2. The van der Waals surface area contributed by atoms with Crippen molar-refractivity contribution in [1.82, 2.24) is 14.8 Å². The predicted molar refractivity (Wildman–Crippen MR) is 106 cm³/mol. The lowest BCUT2D eigenvalue weighted by molar-refractivity contribution is 0.0989. The van der Waals surface area contributed by atoms with E-state index in [9.17, 15) is 4.79 Å². The normalized spacial score (nSPS) is 17.6. The van der Waals surface area contributed by atoms with E-state index in [0.717, 1.165) is 22.1 Å². The van der Waals surface area contributed by atoms with Crippen LogP contribution in [0.25, 0.3) is 0 Å². The summed E-state index contributed by atoms with van der Waals surface area (Å²) in [7, 11) is 0. The lowest BCUT2D eigenvalue weighted by atomic mass is 10.0. The first kappa shape index (κ1) is 16.8. The van der Waals surface area contributed by atoms with Gasteiger partial charge in [-0.25, -0.2) is 0 Å². The Kier molecular flexibility index (Phi) is 4.32. The lowest BCUT2D eigenvalue weighted by Gasteiger charge is -2.17. The molecule has 0 unspecified atom stereocenters. The van der Waals surface area contributed by atoms with Crippen molar-refractivity contribution in [2.45, 2.75) is 48.0 Å². The van der Waals surface area contributed by atoms with Gasteiger partial charge in [0.05, 0.1) is 0 Å². The van der Waals surface area contributed by atoms with Gasteiger partial charge in [0.25, 0.3) is 0 Å². The highest BCUT2D eigenvalue weighted by Crippen LogP contribution is 2.48. The molecule has 27 heavy (non-hydrogen) atoms.